The number of halogens is 4. The molecule has 0 bridgehead atoms. The van der Waals surface area contributed by atoms with E-state index in [1.807, 2.05) is 0 Å². The molecule has 0 radical (unpaired) electrons. The minimum absolute atomic E-state index is 0.191. The van der Waals surface area contributed by atoms with E-state index in [9.17, 15) is 27.7 Å². The van der Waals surface area contributed by atoms with Crippen molar-refractivity contribution in [2.75, 3.05) is 0 Å². The van der Waals surface area contributed by atoms with Gasteiger partial charge >= 0.3 is 12.5 Å². The van der Waals surface area contributed by atoms with Gasteiger partial charge in [0.2, 0.25) is 5.70 Å². The van der Waals surface area contributed by atoms with Crippen molar-refractivity contribution < 1.29 is 27.2 Å². The second-order valence-corrected chi connectivity index (χ2v) is 3.58. The molecule has 0 unspecified atom stereocenters. The third-order valence-electron chi connectivity index (χ3n) is 2.03. The van der Waals surface area contributed by atoms with Crippen LogP contribution >= 0.6 is 0 Å². The highest BCUT2D eigenvalue weighted by atomic mass is 19.3. The normalized spacial score (nSPS) is 12.6. The highest BCUT2D eigenvalue weighted by Crippen LogP contribution is 2.28. The molecule has 0 aliphatic carbocycles. The number of hydrogen-bond acceptors (Lipinski definition) is 3. The number of allylic oxidation sites excluding steroid dienone is 1. The first kappa shape index (κ1) is 14.9. The van der Waals surface area contributed by atoms with Gasteiger partial charge in [-0.05, 0) is 17.7 Å². The summed E-state index contributed by atoms with van der Waals surface area (Å²) in [6.07, 6.45) is -7.47. The van der Waals surface area contributed by atoms with Crippen molar-refractivity contribution in [1.29, 1.82) is 0 Å². The van der Waals surface area contributed by atoms with Gasteiger partial charge in [0.1, 0.15) is 5.75 Å². The maximum Gasteiger partial charge on any atom is 0.461 e. The van der Waals surface area contributed by atoms with Gasteiger partial charge in [-0.15, -0.1) is 0 Å². The van der Waals surface area contributed by atoms with Crippen molar-refractivity contribution >= 4 is 6.08 Å². The Bertz CT molecular complexity index is 502. The summed E-state index contributed by atoms with van der Waals surface area (Å²) >= 11 is 0. The first-order chi connectivity index (χ1) is 8.72. The quantitative estimate of drug-likeness (QED) is 0.470. The zero-order valence-electron chi connectivity index (χ0n) is 9.65. The van der Waals surface area contributed by atoms with Crippen molar-refractivity contribution in [3.05, 3.63) is 45.6 Å². The minimum Gasteiger partial charge on any atom is -0.428 e. The van der Waals surface area contributed by atoms with E-state index < -0.39 is 23.2 Å². The Labute approximate surface area is 105 Å². The number of hydrogen-bond donors (Lipinski definition) is 0. The maximum absolute atomic E-state index is 12.7. The molecule has 1 aromatic carbocycles. The fourth-order valence-electron chi connectivity index (χ4n) is 1.16. The van der Waals surface area contributed by atoms with Crippen LogP contribution in [-0.2, 0) is 0 Å². The van der Waals surface area contributed by atoms with E-state index >= 15 is 0 Å². The van der Waals surface area contributed by atoms with E-state index in [0.717, 1.165) is 18.2 Å². The van der Waals surface area contributed by atoms with E-state index in [1.54, 1.807) is 0 Å². The monoisotopic (exact) mass is 279 g/mol. The maximum atomic E-state index is 12.7. The van der Waals surface area contributed by atoms with Gasteiger partial charge in [0.05, 0.1) is 4.92 Å². The summed E-state index contributed by atoms with van der Waals surface area (Å²) in [5, 5.41) is 10.4. The second kappa shape index (κ2) is 5.68. The number of ether oxygens (including phenoxy) is 1. The lowest BCUT2D eigenvalue weighted by atomic mass is 10.2. The van der Waals surface area contributed by atoms with Crippen LogP contribution in [0, 0.1) is 10.1 Å². The van der Waals surface area contributed by atoms with Gasteiger partial charge in [0.15, 0.2) is 0 Å². The van der Waals surface area contributed by atoms with Crippen molar-refractivity contribution in [2.24, 2.45) is 0 Å². The van der Waals surface area contributed by atoms with E-state index in [2.05, 4.69) is 4.74 Å². The SMILES string of the molecule is C/C(=C/c1cccc(OC(F)(F)C(F)F)c1)[N+](=O)[O-]. The fraction of sp³-hybridized carbons (Fsp3) is 0.273. The first-order valence-electron chi connectivity index (χ1n) is 5.00. The summed E-state index contributed by atoms with van der Waals surface area (Å²) in [5.41, 5.74) is -0.0328. The lowest BCUT2D eigenvalue weighted by molar-refractivity contribution is -0.422. The largest absolute Gasteiger partial charge is 0.461 e. The topological polar surface area (TPSA) is 52.4 Å². The molecule has 0 saturated heterocycles. The predicted octanol–water partition coefficient (Wildman–Crippen LogP) is 3.56. The molecule has 0 amide bonds. The predicted molar refractivity (Wildman–Crippen MR) is 58.7 cm³/mol. The molecule has 0 heterocycles. The zero-order chi connectivity index (χ0) is 14.6. The van der Waals surface area contributed by atoms with Gasteiger partial charge in [0, 0.05) is 13.0 Å². The number of nitrogens with zero attached hydrogens (tertiary/aromatic N) is 1. The average Bonchev–Trinajstić information content (AvgIpc) is 2.28. The van der Waals surface area contributed by atoms with Gasteiger partial charge in [-0.1, -0.05) is 12.1 Å². The Morgan fingerprint density at radius 3 is 2.63 bits per heavy atom. The molecular formula is C11H9F4NO3. The van der Waals surface area contributed by atoms with E-state index in [1.165, 1.54) is 19.1 Å². The van der Waals surface area contributed by atoms with Gasteiger partial charge in [-0.2, -0.15) is 17.6 Å². The smallest absolute Gasteiger partial charge is 0.428 e. The van der Waals surface area contributed by atoms with Crippen LogP contribution in [-0.4, -0.2) is 17.5 Å². The number of rotatable bonds is 5. The highest BCUT2D eigenvalue weighted by molar-refractivity contribution is 5.52. The Kier molecular flexibility index (Phi) is 4.47. The third-order valence-corrected chi connectivity index (χ3v) is 2.03. The van der Waals surface area contributed by atoms with Crippen LogP contribution in [0.3, 0.4) is 0 Å². The summed E-state index contributed by atoms with van der Waals surface area (Å²) in [7, 11) is 0. The average molecular weight is 279 g/mol. The molecule has 1 aromatic rings. The lowest BCUT2D eigenvalue weighted by Crippen LogP contribution is -2.33. The van der Waals surface area contributed by atoms with E-state index in [-0.39, 0.29) is 11.3 Å². The van der Waals surface area contributed by atoms with Crippen LogP contribution in [0.15, 0.2) is 30.0 Å². The second-order valence-electron chi connectivity index (χ2n) is 3.58. The molecule has 0 aliphatic heterocycles. The van der Waals surface area contributed by atoms with Crippen LogP contribution in [0.5, 0.6) is 5.75 Å². The molecule has 8 heteroatoms. The molecule has 0 atom stereocenters. The molecule has 0 N–H and O–H groups in total. The van der Waals surface area contributed by atoms with Crippen LogP contribution in [0.2, 0.25) is 0 Å². The van der Waals surface area contributed by atoms with Crippen molar-refractivity contribution in [2.45, 2.75) is 19.5 Å². The summed E-state index contributed by atoms with van der Waals surface area (Å²) in [6, 6.07) is 4.70. The first-order valence-corrected chi connectivity index (χ1v) is 5.00. The van der Waals surface area contributed by atoms with Crippen LogP contribution in [0.1, 0.15) is 12.5 Å². The molecule has 0 aliphatic rings. The number of benzene rings is 1. The van der Waals surface area contributed by atoms with Crippen LogP contribution < -0.4 is 4.74 Å². The summed E-state index contributed by atoms with van der Waals surface area (Å²) in [6.45, 7) is 1.21. The van der Waals surface area contributed by atoms with Crippen LogP contribution in [0.25, 0.3) is 6.08 Å². The van der Waals surface area contributed by atoms with E-state index in [0.29, 0.717) is 0 Å². The molecular weight excluding hydrogens is 270 g/mol. The molecule has 104 valence electrons. The van der Waals surface area contributed by atoms with Gasteiger partial charge in [-0.25, -0.2) is 0 Å². The van der Waals surface area contributed by atoms with Gasteiger partial charge < -0.3 is 4.74 Å². The van der Waals surface area contributed by atoms with Gasteiger partial charge in [0.25, 0.3) is 0 Å². The van der Waals surface area contributed by atoms with Crippen molar-refractivity contribution in [1.82, 2.24) is 0 Å². The summed E-state index contributed by atoms with van der Waals surface area (Å²) < 4.78 is 53.1. The fourth-order valence-corrected chi connectivity index (χ4v) is 1.16. The Morgan fingerprint density at radius 1 is 1.47 bits per heavy atom. The summed E-state index contributed by atoms with van der Waals surface area (Å²) in [4.78, 5) is 9.73. The molecule has 0 aromatic heterocycles. The molecule has 0 fully saturated rings. The Hall–Kier alpha value is -2.12. The van der Waals surface area contributed by atoms with Crippen molar-refractivity contribution in [3.63, 3.8) is 0 Å². The van der Waals surface area contributed by atoms with Crippen molar-refractivity contribution in [3.8, 4) is 5.75 Å². The lowest BCUT2D eigenvalue weighted by Gasteiger charge is -2.16. The minimum atomic E-state index is -4.61. The molecule has 0 spiro atoms. The molecule has 4 nitrogen and oxygen atoms in total. The van der Waals surface area contributed by atoms with E-state index in [4.69, 9.17) is 0 Å². The third kappa shape index (κ3) is 4.23. The van der Waals surface area contributed by atoms with Gasteiger partial charge in [-0.3, -0.25) is 10.1 Å². The number of alkyl halides is 4. The summed E-state index contributed by atoms with van der Waals surface area (Å²) in [5.74, 6) is -0.504. The molecule has 0 saturated carbocycles. The molecule has 1 rings (SSSR count). The standard InChI is InChI=1S/C11H9F4NO3/c1-7(16(17)18)5-8-3-2-4-9(6-8)19-11(14,15)10(12)13/h2-6,10H,1H3/b7-5-. The Balaban J connectivity index is 2.96. The highest BCUT2D eigenvalue weighted by Gasteiger charge is 2.43. The molecule has 19 heavy (non-hydrogen) atoms. The zero-order valence-corrected chi connectivity index (χ0v) is 9.65. The Morgan fingerprint density at radius 2 is 2.11 bits per heavy atom. The van der Waals surface area contributed by atoms with Crippen LogP contribution in [0.4, 0.5) is 17.6 Å². The number of nitro groups is 1.